The third-order valence-corrected chi connectivity index (χ3v) is 4.35. The molecule has 1 aliphatic carbocycles. The van der Waals surface area contributed by atoms with Crippen LogP contribution in [0.4, 0.5) is 0 Å². The summed E-state index contributed by atoms with van der Waals surface area (Å²) in [5.41, 5.74) is 1.47. The van der Waals surface area contributed by atoms with E-state index in [0.29, 0.717) is 21.1 Å². The van der Waals surface area contributed by atoms with Crippen LogP contribution in [0.15, 0.2) is 23.0 Å². The van der Waals surface area contributed by atoms with Gasteiger partial charge in [-0.25, -0.2) is 4.98 Å². The topological polar surface area (TPSA) is 75.2 Å². The lowest BCUT2D eigenvalue weighted by Crippen LogP contribution is -2.16. The SMILES string of the molecule is COc1cc(-c2nc(C3CC3)c(I)c(=O)[nH]2)ccc1O. The molecule has 1 fully saturated rings. The molecule has 0 atom stereocenters. The highest BCUT2D eigenvalue weighted by atomic mass is 127. The molecule has 2 N–H and O–H groups in total. The first-order valence-corrected chi connectivity index (χ1v) is 7.35. The first kappa shape index (κ1) is 13.4. The quantitative estimate of drug-likeness (QED) is 0.798. The normalized spacial score (nSPS) is 14.3. The van der Waals surface area contributed by atoms with Crippen LogP contribution in [-0.2, 0) is 0 Å². The smallest absolute Gasteiger partial charge is 0.264 e. The second-order valence-corrected chi connectivity index (χ2v) is 5.85. The van der Waals surface area contributed by atoms with Gasteiger partial charge in [0.1, 0.15) is 5.82 Å². The molecule has 0 aliphatic heterocycles. The number of methoxy groups -OCH3 is 1. The van der Waals surface area contributed by atoms with Crippen LogP contribution in [0.3, 0.4) is 0 Å². The number of H-pyrrole nitrogens is 1. The van der Waals surface area contributed by atoms with Gasteiger partial charge in [0.05, 0.1) is 16.4 Å². The molecule has 20 heavy (non-hydrogen) atoms. The van der Waals surface area contributed by atoms with Gasteiger partial charge in [0.25, 0.3) is 5.56 Å². The van der Waals surface area contributed by atoms with Crippen LogP contribution in [0.5, 0.6) is 11.5 Å². The van der Waals surface area contributed by atoms with Gasteiger partial charge in [0.15, 0.2) is 11.5 Å². The lowest BCUT2D eigenvalue weighted by Gasteiger charge is -2.08. The number of benzene rings is 1. The maximum absolute atomic E-state index is 12.0. The van der Waals surface area contributed by atoms with Gasteiger partial charge >= 0.3 is 0 Å². The first-order chi connectivity index (χ1) is 9.60. The fourth-order valence-corrected chi connectivity index (χ4v) is 2.76. The highest BCUT2D eigenvalue weighted by Crippen LogP contribution is 2.40. The number of aromatic amines is 1. The molecule has 5 nitrogen and oxygen atoms in total. The number of hydrogen-bond donors (Lipinski definition) is 2. The van der Waals surface area contributed by atoms with Crippen molar-refractivity contribution >= 4 is 22.6 Å². The van der Waals surface area contributed by atoms with Crippen LogP contribution in [0.1, 0.15) is 24.5 Å². The molecule has 0 spiro atoms. The minimum absolute atomic E-state index is 0.0616. The molecule has 6 heteroatoms. The molecule has 0 unspecified atom stereocenters. The molecule has 0 saturated heterocycles. The molecule has 104 valence electrons. The molecular formula is C14H13IN2O3. The van der Waals surface area contributed by atoms with E-state index in [1.807, 2.05) is 22.6 Å². The van der Waals surface area contributed by atoms with Gasteiger partial charge in [0.2, 0.25) is 0 Å². The van der Waals surface area contributed by atoms with Crippen LogP contribution >= 0.6 is 22.6 Å². The molecule has 1 heterocycles. The summed E-state index contributed by atoms with van der Waals surface area (Å²) < 4.78 is 5.75. The van der Waals surface area contributed by atoms with E-state index in [0.717, 1.165) is 24.1 Å². The Bertz CT molecular complexity index is 723. The van der Waals surface area contributed by atoms with E-state index in [2.05, 4.69) is 9.97 Å². The van der Waals surface area contributed by atoms with Crippen molar-refractivity contribution < 1.29 is 9.84 Å². The van der Waals surface area contributed by atoms with Gasteiger partial charge in [-0.1, -0.05) is 0 Å². The fourth-order valence-electron chi connectivity index (χ4n) is 2.07. The van der Waals surface area contributed by atoms with Crippen molar-refractivity contribution in [3.05, 3.63) is 37.8 Å². The van der Waals surface area contributed by atoms with Crippen LogP contribution < -0.4 is 10.3 Å². The molecule has 0 radical (unpaired) electrons. The number of rotatable bonds is 3. The predicted octanol–water partition coefficient (Wildman–Crippen LogP) is 2.63. The predicted molar refractivity (Wildman–Crippen MR) is 83.2 cm³/mol. The molecule has 3 rings (SSSR count). The Morgan fingerprint density at radius 1 is 1.45 bits per heavy atom. The van der Waals surface area contributed by atoms with Crippen molar-refractivity contribution in [3.8, 4) is 22.9 Å². The molecule has 0 amide bonds. The number of aromatic nitrogens is 2. The van der Waals surface area contributed by atoms with E-state index in [4.69, 9.17) is 4.74 Å². The lowest BCUT2D eigenvalue weighted by molar-refractivity contribution is 0.373. The summed E-state index contributed by atoms with van der Waals surface area (Å²) in [4.78, 5) is 19.3. The maximum Gasteiger partial charge on any atom is 0.264 e. The van der Waals surface area contributed by atoms with Gasteiger partial charge in [-0.2, -0.15) is 0 Å². The fraction of sp³-hybridized carbons (Fsp3) is 0.286. The Hall–Kier alpha value is -1.57. The van der Waals surface area contributed by atoms with Gasteiger partial charge < -0.3 is 14.8 Å². The summed E-state index contributed by atoms with van der Waals surface area (Å²) in [6.45, 7) is 0. The molecule has 1 aromatic carbocycles. The van der Waals surface area contributed by atoms with E-state index in [1.165, 1.54) is 13.2 Å². The maximum atomic E-state index is 12.0. The van der Waals surface area contributed by atoms with Crippen molar-refractivity contribution in [2.75, 3.05) is 7.11 Å². The average molecular weight is 384 g/mol. The monoisotopic (exact) mass is 384 g/mol. The van der Waals surface area contributed by atoms with Gasteiger partial charge in [-0.3, -0.25) is 4.79 Å². The van der Waals surface area contributed by atoms with E-state index < -0.39 is 0 Å². The summed E-state index contributed by atoms with van der Waals surface area (Å²) >= 11 is 2.04. The zero-order chi connectivity index (χ0) is 14.3. The van der Waals surface area contributed by atoms with E-state index in [9.17, 15) is 9.90 Å². The van der Waals surface area contributed by atoms with Crippen molar-refractivity contribution in [2.24, 2.45) is 0 Å². The van der Waals surface area contributed by atoms with Crippen LogP contribution in [0.25, 0.3) is 11.4 Å². The largest absolute Gasteiger partial charge is 0.504 e. The summed E-state index contributed by atoms with van der Waals surface area (Å²) in [5.74, 6) is 1.33. The molecule has 1 aliphatic rings. The molecule has 2 aromatic rings. The highest BCUT2D eigenvalue weighted by molar-refractivity contribution is 14.1. The molecule has 1 aromatic heterocycles. The Balaban J connectivity index is 2.12. The first-order valence-electron chi connectivity index (χ1n) is 6.27. The minimum atomic E-state index is -0.121. The third kappa shape index (κ3) is 2.39. The number of aromatic hydroxyl groups is 1. The van der Waals surface area contributed by atoms with Crippen LogP contribution in [0.2, 0.25) is 0 Å². The number of ether oxygens (including phenoxy) is 1. The zero-order valence-electron chi connectivity index (χ0n) is 10.8. The Kier molecular flexibility index (Phi) is 3.41. The van der Waals surface area contributed by atoms with E-state index in [-0.39, 0.29) is 11.3 Å². The average Bonchev–Trinajstić information content (AvgIpc) is 3.27. The highest BCUT2D eigenvalue weighted by Gasteiger charge is 2.29. The summed E-state index contributed by atoms with van der Waals surface area (Å²) in [5, 5.41) is 9.61. The van der Waals surface area contributed by atoms with Crippen LogP contribution in [-0.4, -0.2) is 22.2 Å². The number of nitrogens with zero attached hydrogens (tertiary/aromatic N) is 1. The standard InChI is InChI=1S/C14H13IN2O3/c1-20-10-6-8(4-5-9(10)18)13-16-12(7-2-3-7)11(15)14(19)17-13/h4-7,18H,2-3H2,1H3,(H,16,17,19). The molecule has 0 bridgehead atoms. The number of nitrogens with one attached hydrogen (secondary N) is 1. The minimum Gasteiger partial charge on any atom is -0.504 e. The Morgan fingerprint density at radius 2 is 2.20 bits per heavy atom. The molecular weight excluding hydrogens is 371 g/mol. The number of phenols is 1. The lowest BCUT2D eigenvalue weighted by atomic mass is 10.1. The van der Waals surface area contributed by atoms with Gasteiger partial charge in [-0.05, 0) is 53.6 Å². The second kappa shape index (κ2) is 5.08. The third-order valence-electron chi connectivity index (χ3n) is 3.31. The van der Waals surface area contributed by atoms with Crippen LogP contribution in [0, 0.1) is 3.57 Å². The van der Waals surface area contributed by atoms with E-state index >= 15 is 0 Å². The van der Waals surface area contributed by atoms with Crippen molar-refractivity contribution in [2.45, 2.75) is 18.8 Å². The van der Waals surface area contributed by atoms with Crippen molar-refractivity contribution in [1.29, 1.82) is 0 Å². The van der Waals surface area contributed by atoms with Gasteiger partial charge in [0, 0.05) is 11.5 Å². The Labute approximate surface area is 129 Å². The van der Waals surface area contributed by atoms with Crippen molar-refractivity contribution in [1.82, 2.24) is 9.97 Å². The summed E-state index contributed by atoms with van der Waals surface area (Å²) in [6, 6.07) is 4.90. The summed E-state index contributed by atoms with van der Waals surface area (Å²) in [7, 11) is 1.48. The van der Waals surface area contributed by atoms with E-state index in [1.54, 1.807) is 12.1 Å². The number of hydrogen-bond acceptors (Lipinski definition) is 4. The van der Waals surface area contributed by atoms with Crippen molar-refractivity contribution in [3.63, 3.8) is 0 Å². The summed E-state index contributed by atoms with van der Waals surface area (Å²) in [6.07, 6.45) is 2.18. The molecule has 1 saturated carbocycles. The zero-order valence-corrected chi connectivity index (χ0v) is 13.0. The Morgan fingerprint density at radius 3 is 2.85 bits per heavy atom. The second-order valence-electron chi connectivity index (χ2n) is 4.77. The van der Waals surface area contributed by atoms with Gasteiger partial charge in [-0.15, -0.1) is 0 Å². The number of halogens is 1. The number of phenolic OH excluding ortho intramolecular Hbond substituents is 1.